The average molecular weight is 501 g/mol. The molecule has 0 bridgehead atoms. The summed E-state index contributed by atoms with van der Waals surface area (Å²) in [6.45, 7) is 5.75. The van der Waals surface area contributed by atoms with Gasteiger partial charge in [-0.3, -0.25) is 4.90 Å². The van der Waals surface area contributed by atoms with Gasteiger partial charge in [0.05, 0.1) is 5.69 Å². The van der Waals surface area contributed by atoms with Gasteiger partial charge in [0.25, 0.3) is 0 Å². The molecule has 8 heteroatoms. The molecule has 0 aliphatic heterocycles. The van der Waals surface area contributed by atoms with Crippen LogP contribution in [0, 0.1) is 3.57 Å². The van der Waals surface area contributed by atoms with Gasteiger partial charge in [-0.1, -0.05) is 41.9 Å². The van der Waals surface area contributed by atoms with E-state index in [1.807, 2.05) is 45.0 Å². The molecule has 0 aromatic heterocycles. The van der Waals surface area contributed by atoms with E-state index in [4.69, 9.17) is 25.6 Å². The maximum absolute atomic E-state index is 12.8. The molecule has 0 heterocycles. The highest BCUT2D eigenvalue weighted by atomic mass is 127. The fourth-order valence-corrected chi connectivity index (χ4v) is 3.42. The molecule has 1 amide bonds. The Labute approximate surface area is 179 Å². The van der Waals surface area contributed by atoms with Crippen LogP contribution in [0.4, 0.5) is 10.5 Å². The number of amides is 1. The van der Waals surface area contributed by atoms with Crippen molar-refractivity contribution in [1.29, 1.82) is 0 Å². The molecule has 0 spiro atoms. The molecule has 0 atom stereocenters. The Morgan fingerprint density at radius 2 is 1.96 bits per heavy atom. The van der Waals surface area contributed by atoms with Crippen LogP contribution in [-0.4, -0.2) is 33.0 Å². The quantitative estimate of drug-likeness (QED) is 0.388. The predicted octanol–water partition coefficient (Wildman–Crippen LogP) is 5.50. The van der Waals surface area contributed by atoms with Crippen LogP contribution in [0.1, 0.15) is 20.8 Å². The molecule has 0 fully saturated rings. The number of carbonyl (C=O) groups is 1. The zero-order valence-corrected chi connectivity index (χ0v) is 18.6. The van der Waals surface area contributed by atoms with E-state index in [2.05, 4.69) is 22.6 Å². The minimum absolute atomic E-state index is 0.264. The van der Waals surface area contributed by atoms with Crippen molar-refractivity contribution in [3.8, 4) is 5.75 Å². The standard InChI is InChI=1S/C19H21BClINO4/c1-19(2,3)26-18(24)23(11-7-10-21)15-12-16(27-20-25-4)13-8-5-6-9-14(13)17(15)22/h5-10,12H,11H2,1-4H3. The second kappa shape index (κ2) is 9.66. The zero-order chi connectivity index (χ0) is 20.0. The van der Waals surface area contributed by atoms with E-state index in [1.54, 1.807) is 12.1 Å². The first-order valence-electron chi connectivity index (χ1n) is 8.26. The smallest absolute Gasteiger partial charge is 0.537 e. The predicted molar refractivity (Wildman–Crippen MR) is 119 cm³/mol. The van der Waals surface area contributed by atoms with Crippen molar-refractivity contribution in [2.24, 2.45) is 0 Å². The highest BCUT2D eigenvalue weighted by Crippen LogP contribution is 2.37. The molecular formula is C19H21BClINO4. The molecule has 27 heavy (non-hydrogen) atoms. The van der Waals surface area contributed by atoms with Crippen molar-refractivity contribution in [3.05, 3.63) is 45.5 Å². The van der Waals surface area contributed by atoms with Crippen molar-refractivity contribution in [1.82, 2.24) is 0 Å². The molecule has 143 valence electrons. The number of hydrogen-bond acceptors (Lipinski definition) is 4. The van der Waals surface area contributed by atoms with E-state index in [0.717, 1.165) is 14.3 Å². The van der Waals surface area contributed by atoms with Crippen LogP contribution in [0.5, 0.6) is 5.75 Å². The average Bonchev–Trinajstić information content (AvgIpc) is 2.61. The second-order valence-corrected chi connectivity index (χ2v) is 7.99. The third-order valence-electron chi connectivity index (χ3n) is 3.47. The first-order valence-corrected chi connectivity index (χ1v) is 9.78. The van der Waals surface area contributed by atoms with Gasteiger partial charge in [0.2, 0.25) is 0 Å². The van der Waals surface area contributed by atoms with Gasteiger partial charge in [-0.15, -0.1) is 0 Å². The summed E-state index contributed by atoms with van der Waals surface area (Å²) in [6, 6.07) is 9.60. The molecule has 2 aromatic rings. The molecule has 0 unspecified atom stereocenters. The SMILES string of the molecule is CO[B]Oc1cc(N(CC=CCl)C(=O)OC(C)(C)C)c(I)c2ccccc12. The van der Waals surface area contributed by atoms with Gasteiger partial charge in [0.15, 0.2) is 0 Å². The molecule has 5 nitrogen and oxygen atoms in total. The number of anilines is 1. The highest BCUT2D eigenvalue weighted by molar-refractivity contribution is 14.1. The number of halogens is 2. The number of ether oxygens (including phenoxy) is 1. The number of carbonyl (C=O) groups excluding carboxylic acids is 1. The second-order valence-electron chi connectivity index (χ2n) is 6.66. The fourth-order valence-electron chi connectivity index (χ4n) is 2.42. The van der Waals surface area contributed by atoms with Crippen molar-refractivity contribution in [2.45, 2.75) is 26.4 Å². The lowest BCUT2D eigenvalue weighted by molar-refractivity contribution is 0.0584. The van der Waals surface area contributed by atoms with Gasteiger partial charge in [-0.2, -0.15) is 0 Å². The largest absolute Gasteiger partial charge is 0.572 e. The summed E-state index contributed by atoms with van der Waals surface area (Å²) in [5.74, 6) is 0.575. The third kappa shape index (κ3) is 5.76. The van der Waals surface area contributed by atoms with Crippen molar-refractivity contribution >= 4 is 64.4 Å². The number of rotatable bonds is 6. The lowest BCUT2D eigenvalue weighted by Crippen LogP contribution is -2.37. The summed E-state index contributed by atoms with van der Waals surface area (Å²) in [6.07, 6.45) is 1.21. The third-order valence-corrected chi connectivity index (χ3v) is 4.79. The van der Waals surface area contributed by atoms with Gasteiger partial charge in [-0.25, -0.2) is 4.79 Å². The topological polar surface area (TPSA) is 48.0 Å². The Morgan fingerprint density at radius 1 is 1.30 bits per heavy atom. The van der Waals surface area contributed by atoms with E-state index >= 15 is 0 Å². The summed E-state index contributed by atoms with van der Waals surface area (Å²) < 4.78 is 17.0. The molecule has 1 radical (unpaired) electrons. The molecule has 0 saturated carbocycles. The minimum atomic E-state index is -0.620. The normalized spacial score (nSPS) is 11.6. The summed E-state index contributed by atoms with van der Waals surface area (Å²) >= 11 is 7.93. The Morgan fingerprint density at radius 3 is 2.56 bits per heavy atom. The molecule has 0 N–H and O–H groups in total. The van der Waals surface area contributed by atoms with Crippen molar-refractivity contribution in [2.75, 3.05) is 18.6 Å². The first-order chi connectivity index (χ1) is 12.8. The molecule has 0 saturated heterocycles. The fraction of sp³-hybridized carbons (Fsp3) is 0.316. The van der Waals surface area contributed by atoms with E-state index in [1.165, 1.54) is 25.2 Å². The summed E-state index contributed by atoms with van der Waals surface area (Å²) in [5, 5.41) is 1.87. The molecule has 0 aliphatic carbocycles. The van der Waals surface area contributed by atoms with Crippen molar-refractivity contribution < 1.29 is 18.8 Å². The molecule has 0 aliphatic rings. The summed E-state index contributed by atoms with van der Waals surface area (Å²) in [7, 11) is 2.75. The monoisotopic (exact) mass is 500 g/mol. The van der Waals surface area contributed by atoms with Crippen LogP contribution in [0.3, 0.4) is 0 Å². The van der Waals surface area contributed by atoms with Crippen LogP contribution in [0.25, 0.3) is 10.8 Å². The molecular weight excluding hydrogens is 479 g/mol. The number of fused-ring (bicyclic) bond motifs is 1. The van der Waals surface area contributed by atoms with Gasteiger partial charge in [0, 0.05) is 39.6 Å². The lowest BCUT2D eigenvalue weighted by Gasteiger charge is -2.28. The number of benzene rings is 2. The summed E-state index contributed by atoms with van der Waals surface area (Å²) in [5.41, 5.74) is 1.42. The summed E-state index contributed by atoms with van der Waals surface area (Å²) in [4.78, 5) is 14.4. The first kappa shape index (κ1) is 21.9. The van der Waals surface area contributed by atoms with E-state index in [9.17, 15) is 4.79 Å². The lowest BCUT2D eigenvalue weighted by atomic mass is 10.1. The maximum atomic E-state index is 12.8. The van der Waals surface area contributed by atoms with Crippen LogP contribution in [-0.2, 0) is 9.39 Å². The van der Waals surface area contributed by atoms with E-state index in [0.29, 0.717) is 11.4 Å². The number of hydrogen-bond donors (Lipinski definition) is 0. The van der Waals surface area contributed by atoms with Gasteiger partial charge in [-0.05, 0) is 43.4 Å². The van der Waals surface area contributed by atoms with Crippen LogP contribution in [0.15, 0.2) is 41.9 Å². The Balaban J connectivity index is 2.59. The van der Waals surface area contributed by atoms with Gasteiger partial charge >= 0.3 is 13.8 Å². The van der Waals surface area contributed by atoms with E-state index < -0.39 is 11.7 Å². The maximum Gasteiger partial charge on any atom is 0.572 e. The molecule has 2 rings (SSSR count). The van der Waals surface area contributed by atoms with Crippen molar-refractivity contribution in [3.63, 3.8) is 0 Å². The van der Waals surface area contributed by atoms with Crippen LogP contribution < -0.4 is 9.55 Å². The molecule has 2 aromatic carbocycles. The Bertz CT molecular complexity index is 838. The minimum Gasteiger partial charge on any atom is -0.537 e. The van der Waals surface area contributed by atoms with Crippen LogP contribution >= 0.6 is 34.2 Å². The zero-order valence-electron chi connectivity index (χ0n) is 15.7. The van der Waals surface area contributed by atoms with E-state index in [-0.39, 0.29) is 6.54 Å². The van der Waals surface area contributed by atoms with Gasteiger partial charge < -0.3 is 14.0 Å². The highest BCUT2D eigenvalue weighted by Gasteiger charge is 2.26. The number of nitrogens with zero attached hydrogens (tertiary/aromatic N) is 1. The Kier molecular flexibility index (Phi) is 7.82. The Hall–Kier alpha value is -1.45. The van der Waals surface area contributed by atoms with Gasteiger partial charge in [0.1, 0.15) is 11.4 Å². The van der Waals surface area contributed by atoms with Crippen LogP contribution in [0.2, 0.25) is 0 Å².